The molecular weight excluding hydrogens is 224 g/mol. The topological polar surface area (TPSA) is 36.1 Å². The molecule has 0 fully saturated rings. The van der Waals surface area contributed by atoms with Crippen LogP contribution < -0.4 is 9.88 Å². The molecule has 2 rings (SSSR count). The van der Waals surface area contributed by atoms with Gasteiger partial charge in [-0.15, -0.1) is 0 Å². The summed E-state index contributed by atoms with van der Waals surface area (Å²) in [4.78, 5) is 0. The summed E-state index contributed by atoms with van der Waals surface area (Å²) in [6.07, 6.45) is 1.93. The van der Waals surface area contributed by atoms with Gasteiger partial charge in [0.15, 0.2) is 12.7 Å². The van der Waals surface area contributed by atoms with Crippen molar-refractivity contribution in [1.82, 2.24) is 5.32 Å². The van der Waals surface area contributed by atoms with E-state index >= 15 is 0 Å². The lowest BCUT2D eigenvalue weighted by Crippen LogP contribution is -2.40. The molecule has 1 aromatic heterocycles. The van der Waals surface area contributed by atoms with Crippen LogP contribution in [0, 0.1) is 0 Å². The first kappa shape index (κ1) is 12.6. The van der Waals surface area contributed by atoms with Gasteiger partial charge in [0.1, 0.15) is 5.75 Å². The standard InChI is InChI=1S/C15H18N2O/c1-2-16-9-11-17-10-8-14(18)12-15(17)13-6-4-3-5-7-13/h3-8,10,12,16H,2,9,11H2,1H3/p+1. The van der Waals surface area contributed by atoms with Gasteiger partial charge in [0.05, 0.1) is 12.6 Å². The maximum atomic E-state index is 9.64. The Labute approximate surface area is 108 Å². The van der Waals surface area contributed by atoms with Gasteiger partial charge in [-0.3, -0.25) is 0 Å². The lowest BCUT2D eigenvalue weighted by molar-refractivity contribution is -0.684. The fraction of sp³-hybridized carbons (Fsp3) is 0.267. The van der Waals surface area contributed by atoms with Crippen LogP contribution in [0.25, 0.3) is 11.3 Å². The zero-order valence-electron chi connectivity index (χ0n) is 10.6. The molecule has 0 aliphatic heterocycles. The second-order valence-electron chi connectivity index (χ2n) is 4.18. The molecule has 0 unspecified atom stereocenters. The van der Waals surface area contributed by atoms with Crippen molar-refractivity contribution in [3.05, 3.63) is 48.7 Å². The van der Waals surface area contributed by atoms with Gasteiger partial charge in [0.25, 0.3) is 0 Å². The van der Waals surface area contributed by atoms with Crippen molar-refractivity contribution >= 4 is 0 Å². The normalized spacial score (nSPS) is 10.5. The summed E-state index contributed by atoms with van der Waals surface area (Å²) in [6.45, 7) is 4.88. The predicted octanol–water partition coefficient (Wildman–Crippen LogP) is 1.96. The quantitative estimate of drug-likeness (QED) is 0.622. The summed E-state index contributed by atoms with van der Waals surface area (Å²) in [5.41, 5.74) is 2.15. The molecule has 1 aromatic carbocycles. The highest BCUT2D eigenvalue weighted by Crippen LogP contribution is 2.18. The summed E-state index contributed by atoms with van der Waals surface area (Å²) < 4.78 is 2.15. The molecule has 0 saturated carbocycles. The summed E-state index contributed by atoms with van der Waals surface area (Å²) in [6, 6.07) is 13.6. The summed E-state index contributed by atoms with van der Waals surface area (Å²) in [7, 11) is 0. The van der Waals surface area contributed by atoms with Gasteiger partial charge in [-0.1, -0.05) is 25.1 Å². The third-order valence-corrected chi connectivity index (χ3v) is 2.87. The molecular formula is C15H19N2O+. The minimum absolute atomic E-state index is 0.300. The SMILES string of the molecule is CCNCC[n+]1ccc(O)cc1-c1ccccc1. The second-order valence-corrected chi connectivity index (χ2v) is 4.18. The van der Waals surface area contributed by atoms with Gasteiger partial charge in [-0.2, -0.15) is 4.57 Å². The Kier molecular flexibility index (Phi) is 4.31. The molecule has 0 saturated heterocycles. The Hall–Kier alpha value is -1.87. The summed E-state index contributed by atoms with van der Waals surface area (Å²) in [5, 5.41) is 12.9. The molecule has 0 amide bonds. The van der Waals surface area contributed by atoms with E-state index in [2.05, 4.69) is 28.9 Å². The third-order valence-electron chi connectivity index (χ3n) is 2.87. The van der Waals surface area contributed by atoms with E-state index in [0.29, 0.717) is 5.75 Å². The van der Waals surface area contributed by atoms with Crippen LogP contribution in [0.15, 0.2) is 48.7 Å². The number of aromatic hydroxyl groups is 1. The van der Waals surface area contributed by atoms with E-state index in [9.17, 15) is 5.11 Å². The Morgan fingerprint density at radius 3 is 2.67 bits per heavy atom. The summed E-state index contributed by atoms with van der Waals surface area (Å²) in [5.74, 6) is 0.300. The average molecular weight is 243 g/mol. The molecule has 1 heterocycles. The van der Waals surface area contributed by atoms with Crippen LogP contribution in [0.1, 0.15) is 6.92 Å². The first-order chi connectivity index (χ1) is 8.81. The highest BCUT2D eigenvalue weighted by atomic mass is 16.3. The maximum absolute atomic E-state index is 9.64. The molecule has 94 valence electrons. The number of nitrogens with one attached hydrogen (secondary N) is 1. The highest BCUT2D eigenvalue weighted by Gasteiger charge is 2.13. The Bertz CT molecular complexity index is 497. The van der Waals surface area contributed by atoms with E-state index < -0.39 is 0 Å². The van der Waals surface area contributed by atoms with Crippen molar-refractivity contribution in [2.45, 2.75) is 13.5 Å². The number of hydrogen-bond donors (Lipinski definition) is 2. The van der Waals surface area contributed by atoms with E-state index in [4.69, 9.17) is 0 Å². The van der Waals surface area contributed by atoms with Gasteiger partial charge < -0.3 is 10.4 Å². The van der Waals surface area contributed by atoms with Crippen LogP contribution in [0.4, 0.5) is 0 Å². The molecule has 0 atom stereocenters. The molecule has 0 aliphatic rings. The van der Waals surface area contributed by atoms with Crippen LogP contribution in [-0.4, -0.2) is 18.2 Å². The van der Waals surface area contributed by atoms with Crippen molar-refractivity contribution in [3.63, 3.8) is 0 Å². The molecule has 2 N–H and O–H groups in total. The number of pyridine rings is 1. The molecule has 0 bridgehead atoms. The minimum Gasteiger partial charge on any atom is -0.507 e. The molecule has 0 spiro atoms. The fourth-order valence-corrected chi connectivity index (χ4v) is 1.95. The molecule has 18 heavy (non-hydrogen) atoms. The Morgan fingerprint density at radius 1 is 1.17 bits per heavy atom. The van der Waals surface area contributed by atoms with Gasteiger partial charge >= 0.3 is 0 Å². The van der Waals surface area contributed by atoms with Crippen LogP contribution in [0.2, 0.25) is 0 Å². The van der Waals surface area contributed by atoms with Crippen LogP contribution >= 0.6 is 0 Å². The number of hydrogen-bond acceptors (Lipinski definition) is 2. The number of benzene rings is 1. The number of likely N-dealkylation sites (N-methyl/N-ethyl adjacent to an activating group) is 1. The molecule has 0 aliphatic carbocycles. The van der Waals surface area contributed by atoms with Gasteiger partial charge in [0.2, 0.25) is 5.69 Å². The molecule has 2 aromatic rings. The highest BCUT2D eigenvalue weighted by molar-refractivity contribution is 5.57. The Balaban J connectivity index is 2.29. The van der Waals surface area contributed by atoms with Crippen molar-refractivity contribution in [3.8, 4) is 17.0 Å². The summed E-state index contributed by atoms with van der Waals surface area (Å²) >= 11 is 0. The van der Waals surface area contributed by atoms with Crippen molar-refractivity contribution < 1.29 is 9.67 Å². The lowest BCUT2D eigenvalue weighted by Gasteiger charge is -2.05. The maximum Gasteiger partial charge on any atom is 0.216 e. The first-order valence-corrected chi connectivity index (χ1v) is 6.30. The third kappa shape index (κ3) is 3.08. The first-order valence-electron chi connectivity index (χ1n) is 6.30. The molecule has 3 nitrogen and oxygen atoms in total. The largest absolute Gasteiger partial charge is 0.507 e. The number of rotatable bonds is 5. The van der Waals surface area contributed by atoms with E-state index in [0.717, 1.165) is 30.9 Å². The van der Waals surface area contributed by atoms with Crippen molar-refractivity contribution in [1.29, 1.82) is 0 Å². The smallest absolute Gasteiger partial charge is 0.216 e. The van der Waals surface area contributed by atoms with Crippen LogP contribution in [0.5, 0.6) is 5.75 Å². The Morgan fingerprint density at radius 2 is 1.94 bits per heavy atom. The zero-order valence-corrected chi connectivity index (χ0v) is 10.6. The average Bonchev–Trinajstić information content (AvgIpc) is 2.41. The van der Waals surface area contributed by atoms with E-state index in [1.54, 1.807) is 12.1 Å². The van der Waals surface area contributed by atoms with E-state index in [-0.39, 0.29) is 0 Å². The van der Waals surface area contributed by atoms with Crippen LogP contribution in [-0.2, 0) is 6.54 Å². The second kappa shape index (κ2) is 6.17. The fourth-order valence-electron chi connectivity index (χ4n) is 1.95. The van der Waals surface area contributed by atoms with Gasteiger partial charge in [0, 0.05) is 11.6 Å². The monoisotopic (exact) mass is 243 g/mol. The molecule has 0 radical (unpaired) electrons. The zero-order chi connectivity index (χ0) is 12.8. The molecule has 3 heteroatoms. The van der Waals surface area contributed by atoms with Gasteiger partial charge in [-0.25, -0.2) is 0 Å². The number of nitrogens with zero attached hydrogens (tertiary/aromatic N) is 1. The van der Waals surface area contributed by atoms with E-state index in [1.165, 1.54) is 0 Å². The number of aromatic nitrogens is 1. The van der Waals surface area contributed by atoms with Crippen LogP contribution in [0.3, 0.4) is 0 Å². The van der Waals surface area contributed by atoms with E-state index in [1.807, 2.05) is 24.4 Å². The predicted molar refractivity (Wildman–Crippen MR) is 72.3 cm³/mol. The lowest BCUT2D eigenvalue weighted by atomic mass is 10.1. The van der Waals surface area contributed by atoms with Crippen molar-refractivity contribution in [2.75, 3.05) is 13.1 Å². The minimum atomic E-state index is 0.300. The van der Waals surface area contributed by atoms with Crippen molar-refractivity contribution in [2.24, 2.45) is 0 Å². The van der Waals surface area contributed by atoms with Gasteiger partial charge in [-0.05, 0) is 18.7 Å².